The molecule has 1 aromatic rings. The Balaban J connectivity index is 0.000000511. The van der Waals surface area contributed by atoms with Gasteiger partial charge in [0.25, 0.3) is 0 Å². The van der Waals surface area contributed by atoms with Gasteiger partial charge in [-0.1, -0.05) is 6.58 Å². The molecule has 112 valence electrons. The van der Waals surface area contributed by atoms with E-state index in [9.17, 15) is 13.2 Å². The average molecular weight is 320 g/mol. The van der Waals surface area contributed by atoms with E-state index in [0.717, 1.165) is 29.2 Å². The monoisotopic (exact) mass is 320 g/mol. The molecule has 1 N–H and O–H groups in total. The highest BCUT2D eigenvalue weighted by Gasteiger charge is 2.07. The van der Waals surface area contributed by atoms with Crippen molar-refractivity contribution in [3.63, 3.8) is 0 Å². The molecule has 0 fully saturated rings. The van der Waals surface area contributed by atoms with Crippen molar-refractivity contribution in [1.82, 2.24) is 0 Å². The zero-order valence-corrected chi connectivity index (χ0v) is 13.0. The molecule has 1 aromatic carbocycles. The quantitative estimate of drug-likeness (QED) is 0.291. The van der Waals surface area contributed by atoms with E-state index < -0.39 is 16.4 Å². The van der Waals surface area contributed by atoms with Gasteiger partial charge in [0.15, 0.2) is 0 Å². The molecule has 1 rings (SSSR count). The number of carbonyl (C=O) groups excluding carboxylic acids is 1. The Bertz CT molecular complexity index is 592. The van der Waals surface area contributed by atoms with Crippen molar-refractivity contribution in [3.05, 3.63) is 35.9 Å². The summed E-state index contributed by atoms with van der Waals surface area (Å²) < 4.78 is 34.7. The third-order valence-corrected chi connectivity index (χ3v) is 3.20. The highest BCUT2D eigenvalue weighted by Crippen LogP contribution is 2.26. The summed E-state index contributed by atoms with van der Waals surface area (Å²) in [4.78, 5) is 11.9. The van der Waals surface area contributed by atoms with Crippen molar-refractivity contribution in [2.75, 3.05) is 7.11 Å². The minimum Gasteiger partial charge on any atom is -0.423 e. The zero-order valence-electron chi connectivity index (χ0n) is 11.3. The lowest BCUT2D eigenvalue weighted by molar-refractivity contribution is -0.129. The van der Waals surface area contributed by atoms with E-state index in [2.05, 4.69) is 23.4 Å². The molecule has 0 saturated heterocycles. The largest absolute Gasteiger partial charge is 0.423 e. The lowest BCUT2D eigenvalue weighted by Gasteiger charge is -2.09. The van der Waals surface area contributed by atoms with Gasteiger partial charge in [-0.15, -0.1) is 12.6 Å². The molecule has 0 bridgehead atoms. The molecule has 0 aromatic heterocycles. The van der Waals surface area contributed by atoms with Gasteiger partial charge in [-0.25, -0.2) is 4.79 Å². The standard InChI is InChI=1S/C11H12O2S.CH4O4S/c1-4-11(12)13-9-5-6-10(14)8(3)7(9)2;1-5-6(2,3)4/h4-6,14H,1H2,2-3H3;1H3,(H,2,3,4). The van der Waals surface area contributed by atoms with Crippen molar-refractivity contribution < 1.29 is 26.7 Å². The first-order valence-corrected chi connectivity index (χ1v) is 7.10. The molecule has 0 aliphatic heterocycles. The maximum atomic E-state index is 11.0. The van der Waals surface area contributed by atoms with Gasteiger partial charge in [0.2, 0.25) is 0 Å². The molecule has 0 atom stereocenters. The Morgan fingerprint density at radius 1 is 1.35 bits per heavy atom. The normalized spacial score (nSPS) is 10.2. The molecule has 6 nitrogen and oxygen atoms in total. The predicted octanol–water partition coefficient (Wildman–Crippen LogP) is 2.12. The van der Waals surface area contributed by atoms with Gasteiger partial charge in [0.1, 0.15) is 5.75 Å². The molecule has 20 heavy (non-hydrogen) atoms. The fraction of sp³-hybridized carbons (Fsp3) is 0.250. The van der Waals surface area contributed by atoms with Crippen LogP contribution in [0, 0.1) is 13.8 Å². The van der Waals surface area contributed by atoms with E-state index in [1.807, 2.05) is 13.8 Å². The first-order valence-electron chi connectivity index (χ1n) is 5.28. The van der Waals surface area contributed by atoms with Crippen molar-refractivity contribution in [1.29, 1.82) is 0 Å². The van der Waals surface area contributed by atoms with Crippen molar-refractivity contribution in [3.8, 4) is 5.75 Å². The second-order valence-corrected chi connectivity index (χ2v) is 5.22. The number of thiol groups is 1. The number of esters is 1. The molecular weight excluding hydrogens is 304 g/mol. The fourth-order valence-electron chi connectivity index (χ4n) is 1.04. The van der Waals surface area contributed by atoms with Gasteiger partial charge in [0, 0.05) is 11.0 Å². The first kappa shape index (κ1) is 18.7. The number of ether oxygens (including phenoxy) is 1. The lowest BCUT2D eigenvalue weighted by Crippen LogP contribution is -2.05. The summed E-state index contributed by atoms with van der Waals surface area (Å²) in [6, 6.07) is 3.53. The Hall–Kier alpha value is -1.35. The molecule has 0 aliphatic carbocycles. The maximum Gasteiger partial charge on any atom is 0.397 e. The minimum atomic E-state index is -4.16. The van der Waals surface area contributed by atoms with Gasteiger partial charge in [-0.2, -0.15) is 8.42 Å². The lowest BCUT2D eigenvalue weighted by atomic mass is 10.1. The van der Waals surface area contributed by atoms with Crippen LogP contribution in [0.15, 0.2) is 29.7 Å². The van der Waals surface area contributed by atoms with E-state index in [-0.39, 0.29) is 0 Å². The summed E-state index contributed by atoms with van der Waals surface area (Å²) in [5.41, 5.74) is 1.94. The Kier molecular flexibility index (Phi) is 7.51. The fourth-order valence-corrected chi connectivity index (χ4v) is 1.28. The van der Waals surface area contributed by atoms with Crippen LogP contribution in [0.3, 0.4) is 0 Å². The summed E-state index contributed by atoms with van der Waals surface area (Å²) in [5.74, 6) is 0.115. The molecule has 8 heteroatoms. The summed E-state index contributed by atoms with van der Waals surface area (Å²) in [6.07, 6.45) is 1.14. The van der Waals surface area contributed by atoms with Crippen LogP contribution >= 0.6 is 12.6 Å². The van der Waals surface area contributed by atoms with Gasteiger partial charge >= 0.3 is 16.4 Å². The molecule has 0 spiro atoms. The summed E-state index contributed by atoms with van der Waals surface area (Å²) >= 11 is 4.27. The average Bonchev–Trinajstić information content (AvgIpc) is 2.39. The second kappa shape index (κ2) is 8.05. The Morgan fingerprint density at radius 2 is 1.85 bits per heavy atom. The van der Waals surface area contributed by atoms with Crippen molar-refractivity contribution in [2.45, 2.75) is 18.7 Å². The van der Waals surface area contributed by atoms with Crippen molar-refractivity contribution >= 4 is 29.0 Å². The molecule has 0 amide bonds. The van der Waals surface area contributed by atoms with E-state index in [1.54, 1.807) is 12.1 Å². The highest BCUT2D eigenvalue weighted by atomic mass is 32.3. The summed E-state index contributed by atoms with van der Waals surface area (Å²) in [6.45, 7) is 7.16. The van der Waals surface area contributed by atoms with Crippen LogP contribution < -0.4 is 4.74 Å². The minimum absolute atomic E-state index is 0.445. The van der Waals surface area contributed by atoms with Gasteiger partial charge in [-0.3, -0.25) is 8.74 Å². The van der Waals surface area contributed by atoms with E-state index in [0.29, 0.717) is 5.75 Å². The molecule has 0 saturated carbocycles. The number of rotatable bonds is 3. The molecule has 0 radical (unpaired) electrons. The smallest absolute Gasteiger partial charge is 0.397 e. The van der Waals surface area contributed by atoms with Crippen LogP contribution in [0.1, 0.15) is 11.1 Å². The van der Waals surface area contributed by atoms with Crippen LogP contribution in [0.25, 0.3) is 0 Å². The van der Waals surface area contributed by atoms with Crippen LogP contribution in [-0.2, 0) is 19.4 Å². The first-order chi connectivity index (χ1) is 9.12. The number of hydrogen-bond acceptors (Lipinski definition) is 6. The Labute approximate surface area is 123 Å². The number of hydrogen-bond donors (Lipinski definition) is 2. The number of benzene rings is 1. The van der Waals surface area contributed by atoms with Gasteiger partial charge in [-0.05, 0) is 37.1 Å². The van der Waals surface area contributed by atoms with Crippen LogP contribution in [0.4, 0.5) is 0 Å². The molecule has 0 heterocycles. The van der Waals surface area contributed by atoms with E-state index in [1.165, 1.54) is 0 Å². The third-order valence-electron chi connectivity index (χ3n) is 2.30. The zero-order chi connectivity index (χ0) is 15.9. The third kappa shape index (κ3) is 6.71. The van der Waals surface area contributed by atoms with Crippen LogP contribution in [0.2, 0.25) is 0 Å². The van der Waals surface area contributed by atoms with Crippen LogP contribution in [0.5, 0.6) is 5.75 Å². The van der Waals surface area contributed by atoms with Gasteiger partial charge in [0.05, 0.1) is 7.11 Å². The molecule has 0 aliphatic rings. The van der Waals surface area contributed by atoms with Crippen LogP contribution in [-0.4, -0.2) is 26.0 Å². The molecular formula is C12H16O6S2. The topological polar surface area (TPSA) is 89.9 Å². The maximum absolute atomic E-state index is 11.0. The summed E-state index contributed by atoms with van der Waals surface area (Å²) in [5, 5.41) is 0. The predicted molar refractivity (Wildman–Crippen MR) is 77.6 cm³/mol. The van der Waals surface area contributed by atoms with E-state index in [4.69, 9.17) is 9.29 Å². The SMILES string of the molecule is C=CC(=O)Oc1ccc(S)c(C)c1C.COS(=O)(=O)O. The highest BCUT2D eigenvalue weighted by molar-refractivity contribution is 7.80. The number of carbonyl (C=O) groups is 1. The Morgan fingerprint density at radius 3 is 2.25 bits per heavy atom. The molecule has 0 unspecified atom stereocenters. The second-order valence-electron chi connectivity index (χ2n) is 3.55. The summed E-state index contributed by atoms with van der Waals surface area (Å²) in [7, 11) is -3.29. The van der Waals surface area contributed by atoms with Crippen molar-refractivity contribution in [2.24, 2.45) is 0 Å². The van der Waals surface area contributed by atoms with E-state index >= 15 is 0 Å². The van der Waals surface area contributed by atoms with Gasteiger partial charge < -0.3 is 4.74 Å².